The molecule has 1 aromatic heterocycles. The van der Waals surface area contributed by atoms with Gasteiger partial charge in [0.05, 0.1) is 12.3 Å². The van der Waals surface area contributed by atoms with Crippen molar-refractivity contribution in [3.05, 3.63) is 71.2 Å². The number of ether oxygens (including phenoxy) is 2. The maximum Gasteiger partial charge on any atom is 0.318 e. The minimum absolute atomic E-state index is 0.0932. The van der Waals surface area contributed by atoms with Crippen LogP contribution in [0.5, 0.6) is 0 Å². The van der Waals surface area contributed by atoms with Gasteiger partial charge in [-0.05, 0) is 55.9 Å². The van der Waals surface area contributed by atoms with E-state index in [9.17, 15) is 9.59 Å². The van der Waals surface area contributed by atoms with Crippen molar-refractivity contribution in [2.75, 3.05) is 18.2 Å². The Labute approximate surface area is 209 Å². The van der Waals surface area contributed by atoms with Crippen LogP contribution in [-0.4, -0.2) is 29.8 Å². The maximum absolute atomic E-state index is 13.1. The lowest BCUT2D eigenvalue weighted by atomic mass is 9.78. The van der Waals surface area contributed by atoms with Crippen LogP contribution in [-0.2, 0) is 31.1 Å². The second-order valence-corrected chi connectivity index (χ2v) is 9.43. The Balaban J connectivity index is 1.72. The van der Waals surface area contributed by atoms with Crippen LogP contribution >= 0.6 is 23.1 Å². The minimum atomic E-state index is -1.01. The summed E-state index contributed by atoms with van der Waals surface area (Å²) in [6.07, 6.45) is 2.85. The number of anilines is 2. The molecule has 3 aromatic rings. The zero-order chi connectivity index (χ0) is 24.4. The molecular weight excluding hydrogens is 468 g/mol. The van der Waals surface area contributed by atoms with Crippen LogP contribution in [0.1, 0.15) is 44.4 Å². The SMILES string of the molecule is CCOC(=O)C(CC)(CCC(=O)OCc1ccccc1)c1csc(Nc2ccc(SC)cc2)n1. The molecule has 1 atom stereocenters. The summed E-state index contributed by atoms with van der Waals surface area (Å²) < 4.78 is 10.8. The van der Waals surface area contributed by atoms with E-state index in [1.54, 1.807) is 18.7 Å². The Hall–Kier alpha value is -2.84. The van der Waals surface area contributed by atoms with E-state index in [4.69, 9.17) is 14.5 Å². The summed E-state index contributed by atoms with van der Waals surface area (Å²) in [5.74, 6) is -0.719. The summed E-state index contributed by atoms with van der Waals surface area (Å²) in [7, 11) is 0. The Morgan fingerprint density at radius 3 is 2.44 bits per heavy atom. The Morgan fingerprint density at radius 1 is 1.06 bits per heavy atom. The van der Waals surface area contributed by atoms with E-state index in [2.05, 4.69) is 5.32 Å². The molecule has 0 aliphatic heterocycles. The van der Waals surface area contributed by atoms with E-state index in [1.807, 2.05) is 73.2 Å². The van der Waals surface area contributed by atoms with Crippen LogP contribution < -0.4 is 5.32 Å². The van der Waals surface area contributed by atoms with Crippen LogP contribution in [0, 0.1) is 0 Å². The number of carbonyl (C=O) groups is 2. The number of benzene rings is 2. The van der Waals surface area contributed by atoms with Gasteiger partial charge in [-0.1, -0.05) is 37.3 Å². The number of hydrogen-bond acceptors (Lipinski definition) is 8. The number of hydrogen-bond donors (Lipinski definition) is 1. The number of carbonyl (C=O) groups excluding carboxylic acids is 2. The first-order valence-electron chi connectivity index (χ1n) is 11.2. The number of nitrogens with zero attached hydrogens (tertiary/aromatic N) is 1. The molecule has 3 rings (SSSR count). The Kier molecular flexibility index (Phi) is 9.53. The van der Waals surface area contributed by atoms with E-state index >= 15 is 0 Å². The van der Waals surface area contributed by atoms with E-state index in [0.717, 1.165) is 11.3 Å². The molecule has 0 saturated heterocycles. The lowest BCUT2D eigenvalue weighted by Crippen LogP contribution is -2.38. The Bertz CT molecular complexity index is 1070. The highest BCUT2D eigenvalue weighted by Crippen LogP contribution is 2.37. The highest BCUT2D eigenvalue weighted by atomic mass is 32.2. The molecule has 2 aromatic carbocycles. The number of thioether (sulfide) groups is 1. The number of thiazole rings is 1. The molecule has 0 aliphatic carbocycles. The van der Waals surface area contributed by atoms with Crippen molar-refractivity contribution in [2.45, 2.75) is 50.0 Å². The monoisotopic (exact) mass is 498 g/mol. The molecule has 0 fully saturated rings. The average molecular weight is 499 g/mol. The van der Waals surface area contributed by atoms with Gasteiger partial charge in [0.1, 0.15) is 12.0 Å². The van der Waals surface area contributed by atoms with Gasteiger partial charge in [0.15, 0.2) is 5.13 Å². The molecule has 1 unspecified atom stereocenters. The summed E-state index contributed by atoms with van der Waals surface area (Å²) in [4.78, 5) is 31.5. The van der Waals surface area contributed by atoms with Gasteiger partial charge in [-0.25, -0.2) is 4.98 Å². The molecule has 6 nitrogen and oxygen atoms in total. The van der Waals surface area contributed by atoms with E-state index in [0.29, 0.717) is 17.2 Å². The molecule has 0 saturated carbocycles. The van der Waals surface area contributed by atoms with Crippen LogP contribution in [0.4, 0.5) is 10.8 Å². The smallest absolute Gasteiger partial charge is 0.318 e. The predicted molar refractivity (Wildman–Crippen MR) is 138 cm³/mol. The first-order valence-corrected chi connectivity index (χ1v) is 13.3. The first-order chi connectivity index (χ1) is 16.5. The number of nitrogens with one attached hydrogen (secondary N) is 1. The predicted octanol–water partition coefficient (Wildman–Crippen LogP) is 6.34. The minimum Gasteiger partial charge on any atom is -0.465 e. The van der Waals surface area contributed by atoms with Crippen molar-refractivity contribution in [2.24, 2.45) is 0 Å². The fraction of sp³-hybridized carbons (Fsp3) is 0.346. The topological polar surface area (TPSA) is 77.5 Å². The van der Waals surface area contributed by atoms with Crippen molar-refractivity contribution in [3.8, 4) is 0 Å². The van der Waals surface area contributed by atoms with Crippen LogP contribution in [0.25, 0.3) is 0 Å². The quantitative estimate of drug-likeness (QED) is 0.230. The van der Waals surface area contributed by atoms with Gasteiger partial charge in [-0.2, -0.15) is 0 Å². The molecule has 0 amide bonds. The fourth-order valence-corrected chi connectivity index (χ4v) is 4.82. The van der Waals surface area contributed by atoms with Crippen molar-refractivity contribution in [3.63, 3.8) is 0 Å². The van der Waals surface area contributed by atoms with Crippen LogP contribution in [0.15, 0.2) is 64.9 Å². The van der Waals surface area contributed by atoms with Gasteiger partial charge in [0.25, 0.3) is 0 Å². The molecular formula is C26H30N2O4S2. The molecule has 0 bridgehead atoms. The standard InChI is InChI=1S/C26H30N2O4S2/c1-4-26(24(30)31-5-2,16-15-23(29)32-17-19-9-7-6-8-10-19)22-18-34-25(28-22)27-20-11-13-21(33-3)14-12-20/h6-14,18H,4-5,15-17H2,1-3H3,(H,27,28). The molecule has 8 heteroatoms. The van der Waals surface area contributed by atoms with Gasteiger partial charge >= 0.3 is 11.9 Å². The van der Waals surface area contributed by atoms with Crippen molar-refractivity contribution in [1.82, 2.24) is 4.98 Å². The first kappa shape index (κ1) is 25.8. The highest BCUT2D eigenvalue weighted by molar-refractivity contribution is 7.98. The third kappa shape index (κ3) is 6.61. The second kappa shape index (κ2) is 12.6. The van der Waals surface area contributed by atoms with Crippen molar-refractivity contribution in [1.29, 1.82) is 0 Å². The largest absolute Gasteiger partial charge is 0.465 e. The van der Waals surface area contributed by atoms with Gasteiger partial charge in [0, 0.05) is 22.4 Å². The molecule has 0 radical (unpaired) electrons. The zero-order valence-corrected chi connectivity index (χ0v) is 21.3. The number of rotatable bonds is 12. The average Bonchev–Trinajstić information content (AvgIpc) is 3.33. The summed E-state index contributed by atoms with van der Waals surface area (Å²) in [6, 6.07) is 17.6. The van der Waals surface area contributed by atoms with Crippen molar-refractivity contribution < 1.29 is 19.1 Å². The fourth-order valence-electron chi connectivity index (χ4n) is 3.58. The van der Waals surface area contributed by atoms with Gasteiger partial charge in [0.2, 0.25) is 0 Å². The zero-order valence-electron chi connectivity index (χ0n) is 19.7. The van der Waals surface area contributed by atoms with Gasteiger partial charge < -0.3 is 14.8 Å². The summed E-state index contributed by atoms with van der Waals surface area (Å²) in [6.45, 7) is 4.16. The van der Waals surface area contributed by atoms with Gasteiger partial charge in [-0.15, -0.1) is 23.1 Å². The third-order valence-electron chi connectivity index (χ3n) is 5.60. The van der Waals surface area contributed by atoms with Gasteiger partial charge in [-0.3, -0.25) is 9.59 Å². The maximum atomic E-state index is 13.1. The molecule has 34 heavy (non-hydrogen) atoms. The molecule has 0 spiro atoms. The van der Waals surface area contributed by atoms with E-state index in [-0.39, 0.29) is 38.0 Å². The molecule has 180 valence electrons. The van der Waals surface area contributed by atoms with Crippen LogP contribution in [0.2, 0.25) is 0 Å². The summed E-state index contributed by atoms with van der Waals surface area (Å²) in [5.41, 5.74) is 1.43. The lowest BCUT2D eigenvalue weighted by Gasteiger charge is -2.28. The molecule has 1 N–H and O–H groups in total. The number of aromatic nitrogens is 1. The third-order valence-corrected chi connectivity index (χ3v) is 7.11. The lowest BCUT2D eigenvalue weighted by molar-refractivity contribution is -0.152. The second-order valence-electron chi connectivity index (χ2n) is 7.69. The Morgan fingerprint density at radius 2 is 1.79 bits per heavy atom. The van der Waals surface area contributed by atoms with E-state index in [1.165, 1.54) is 16.2 Å². The molecule has 1 heterocycles. The van der Waals surface area contributed by atoms with Crippen molar-refractivity contribution >= 4 is 45.9 Å². The number of esters is 2. The normalized spacial score (nSPS) is 12.6. The highest BCUT2D eigenvalue weighted by Gasteiger charge is 2.42. The van der Waals surface area contributed by atoms with Crippen LogP contribution in [0.3, 0.4) is 0 Å². The molecule has 0 aliphatic rings. The summed E-state index contributed by atoms with van der Waals surface area (Å²) >= 11 is 3.10. The summed E-state index contributed by atoms with van der Waals surface area (Å²) in [5, 5.41) is 5.85. The van der Waals surface area contributed by atoms with E-state index < -0.39 is 5.41 Å².